The Morgan fingerprint density at radius 1 is 1.67 bits per heavy atom. The Balaban J connectivity index is 2.16. The summed E-state index contributed by atoms with van der Waals surface area (Å²) in [5.74, 6) is -0.300. The van der Waals surface area contributed by atoms with Crippen LogP contribution in [-0.2, 0) is 9.53 Å². The molecule has 0 radical (unpaired) electrons. The van der Waals surface area contributed by atoms with Crippen LogP contribution in [0.5, 0.6) is 0 Å². The molecular weight excluding hydrogens is 158 g/mol. The van der Waals surface area contributed by atoms with Gasteiger partial charge in [0.05, 0.1) is 6.61 Å². The summed E-state index contributed by atoms with van der Waals surface area (Å²) in [4.78, 5) is 10.5. The van der Waals surface area contributed by atoms with Crippen molar-refractivity contribution in [1.82, 2.24) is 0 Å². The van der Waals surface area contributed by atoms with Gasteiger partial charge in [-0.1, -0.05) is 0 Å². The predicted octanol–water partition coefficient (Wildman–Crippen LogP) is 0.215. The number of carbonyl (C=O) groups is 1. The fourth-order valence-corrected chi connectivity index (χ4v) is 0.966. The molecule has 0 aromatic carbocycles. The van der Waals surface area contributed by atoms with Gasteiger partial charge in [0.2, 0.25) is 0 Å². The van der Waals surface area contributed by atoms with Gasteiger partial charge in [0, 0.05) is 0 Å². The normalized spacial score (nSPS) is 19.1. The number of nitrogens with two attached hydrogens (primary N) is 1. The van der Waals surface area contributed by atoms with Crippen molar-refractivity contribution in [2.45, 2.75) is 25.4 Å². The van der Waals surface area contributed by atoms with Crippen LogP contribution in [0, 0.1) is 5.92 Å². The maximum atomic E-state index is 10.5. The first-order valence-electron chi connectivity index (χ1n) is 4.28. The minimum atomic E-state index is -0.902. The molecule has 70 valence electrons. The van der Waals surface area contributed by atoms with Crippen LogP contribution in [0.15, 0.2) is 0 Å². The third-order valence-corrected chi connectivity index (χ3v) is 1.93. The molecule has 0 saturated heterocycles. The van der Waals surface area contributed by atoms with Gasteiger partial charge in [-0.15, -0.1) is 0 Å². The van der Waals surface area contributed by atoms with Gasteiger partial charge < -0.3 is 15.6 Å². The monoisotopic (exact) mass is 173 g/mol. The zero-order valence-electron chi connectivity index (χ0n) is 7.03. The number of hydrogen-bond acceptors (Lipinski definition) is 3. The Labute approximate surface area is 71.7 Å². The highest BCUT2D eigenvalue weighted by atomic mass is 16.5. The quantitative estimate of drug-likeness (QED) is 0.602. The highest BCUT2D eigenvalue weighted by molar-refractivity contribution is 5.72. The van der Waals surface area contributed by atoms with Crippen molar-refractivity contribution in [3.63, 3.8) is 0 Å². The van der Waals surface area contributed by atoms with Crippen LogP contribution >= 0.6 is 0 Å². The van der Waals surface area contributed by atoms with Gasteiger partial charge in [-0.05, 0) is 31.7 Å². The van der Waals surface area contributed by atoms with Crippen LogP contribution in [0.1, 0.15) is 19.3 Å². The van der Waals surface area contributed by atoms with Gasteiger partial charge in [0.1, 0.15) is 0 Å². The van der Waals surface area contributed by atoms with Crippen molar-refractivity contribution in [3.05, 3.63) is 0 Å². The lowest BCUT2D eigenvalue weighted by Gasteiger charge is -2.11. The summed E-state index contributed by atoms with van der Waals surface area (Å²) in [5.41, 5.74) is 5.25. The Hall–Kier alpha value is -0.610. The van der Waals surface area contributed by atoms with E-state index in [1.54, 1.807) is 0 Å². The van der Waals surface area contributed by atoms with E-state index < -0.39 is 12.1 Å². The number of rotatable bonds is 6. The molecule has 1 aliphatic carbocycles. The Kier molecular flexibility index (Phi) is 3.49. The van der Waals surface area contributed by atoms with E-state index in [1.165, 1.54) is 12.8 Å². The van der Waals surface area contributed by atoms with E-state index in [-0.39, 0.29) is 0 Å². The third kappa shape index (κ3) is 3.19. The summed E-state index contributed by atoms with van der Waals surface area (Å²) >= 11 is 0. The Morgan fingerprint density at radius 2 is 2.33 bits per heavy atom. The topological polar surface area (TPSA) is 72.5 Å². The van der Waals surface area contributed by atoms with E-state index >= 15 is 0 Å². The molecule has 0 bridgehead atoms. The zero-order chi connectivity index (χ0) is 8.97. The minimum Gasteiger partial charge on any atom is -0.479 e. The maximum absolute atomic E-state index is 10.5. The SMILES string of the molecule is NCCC(OCC1CC1)C(=O)O. The lowest BCUT2D eigenvalue weighted by Crippen LogP contribution is -2.27. The molecule has 1 aliphatic rings. The molecule has 0 aromatic heterocycles. The van der Waals surface area contributed by atoms with E-state index in [9.17, 15) is 4.79 Å². The van der Waals surface area contributed by atoms with Gasteiger partial charge in [-0.25, -0.2) is 4.79 Å². The van der Waals surface area contributed by atoms with Crippen LogP contribution in [0.2, 0.25) is 0 Å². The summed E-state index contributed by atoms with van der Waals surface area (Å²) in [6, 6.07) is 0. The van der Waals surface area contributed by atoms with Crippen molar-refractivity contribution in [3.8, 4) is 0 Å². The largest absolute Gasteiger partial charge is 0.479 e. The fourth-order valence-electron chi connectivity index (χ4n) is 0.966. The van der Waals surface area contributed by atoms with E-state index in [1.807, 2.05) is 0 Å². The van der Waals surface area contributed by atoms with Crippen LogP contribution in [0.4, 0.5) is 0 Å². The second-order valence-corrected chi connectivity index (χ2v) is 3.18. The number of carboxylic acid groups (broad SMARTS) is 1. The first kappa shape index (κ1) is 9.48. The Morgan fingerprint density at radius 3 is 2.75 bits per heavy atom. The molecule has 1 atom stereocenters. The molecule has 4 nitrogen and oxygen atoms in total. The molecule has 12 heavy (non-hydrogen) atoms. The van der Waals surface area contributed by atoms with E-state index in [4.69, 9.17) is 15.6 Å². The highest BCUT2D eigenvalue weighted by Crippen LogP contribution is 2.29. The first-order valence-corrected chi connectivity index (χ1v) is 4.28. The van der Waals surface area contributed by atoms with Gasteiger partial charge >= 0.3 is 5.97 Å². The predicted molar refractivity (Wildman–Crippen MR) is 43.8 cm³/mol. The van der Waals surface area contributed by atoms with Gasteiger partial charge in [-0.3, -0.25) is 0 Å². The molecule has 0 aliphatic heterocycles. The lowest BCUT2D eigenvalue weighted by atomic mass is 10.2. The second kappa shape index (κ2) is 4.42. The van der Waals surface area contributed by atoms with Crippen molar-refractivity contribution in [2.75, 3.05) is 13.2 Å². The summed E-state index contributed by atoms with van der Waals surface area (Å²) in [5, 5.41) is 8.66. The van der Waals surface area contributed by atoms with Crippen molar-refractivity contribution < 1.29 is 14.6 Å². The number of carboxylic acids is 1. The fraction of sp³-hybridized carbons (Fsp3) is 0.875. The molecule has 4 heteroatoms. The summed E-state index contributed by atoms with van der Waals surface area (Å²) in [6.45, 7) is 0.943. The van der Waals surface area contributed by atoms with E-state index in [0.29, 0.717) is 25.5 Å². The van der Waals surface area contributed by atoms with Crippen LogP contribution in [0.25, 0.3) is 0 Å². The molecular formula is C8H15NO3. The maximum Gasteiger partial charge on any atom is 0.332 e. The molecule has 1 rings (SSSR count). The molecule has 0 heterocycles. The summed E-state index contributed by atoms with van der Waals surface area (Å²) in [6.07, 6.45) is 2.06. The smallest absolute Gasteiger partial charge is 0.332 e. The summed E-state index contributed by atoms with van der Waals surface area (Å²) in [7, 11) is 0. The molecule has 1 saturated carbocycles. The first-order chi connectivity index (χ1) is 5.74. The number of hydrogen-bond donors (Lipinski definition) is 2. The molecule has 0 aromatic rings. The highest BCUT2D eigenvalue weighted by Gasteiger charge is 2.25. The van der Waals surface area contributed by atoms with Crippen molar-refractivity contribution in [1.29, 1.82) is 0 Å². The Bertz CT molecular complexity index is 156. The molecule has 3 N–H and O–H groups in total. The molecule has 1 unspecified atom stereocenters. The molecule has 0 amide bonds. The molecule has 1 fully saturated rings. The standard InChI is InChI=1S/C8H15NO3/c9-4-3-7(8(10)11)12-5-6-1-2-6/h6-7H,1-5,9H2,(H,10,11). The van der Waals surface area contributed by atoms with Crippen LogP contribution in [0.3, 0.4) is 0 Å². The van der Waals surface area contributed by atoms with Crippen LogP contribution < -0.4 is 5.73 Å². The van der Waals surface area contributed by atoms with E-state index in [0.717, 1.165) is 0 Å². The van der Waals surface area contributed by atoms with Gasteiger partial charge in [-0.2, -0.15) is 0 Å². The average Bonchev–Trinajstić information content (AvgIpc) is 2.80. The van der Waals surface area contributed by atoms with Crippen LogP contribution in [-0.4, -0.2) is 30.3 Å². The number of aliphatic carboxylic acids is 1. The van der Waals surface area contributed by atoms with E-state index in [2.05, 4.69) is 0 Å². The van der Waals surface area contributed by atoms with Crippen molar-refractivity contribution in [2.24, 2.45) is 11.7 Å². The lowest BCUT2D eigenvalue weighted by molar-refractivity contribution is -0.150. The van der Waals surface area contributed by atoms with Gasteiger partial charge in [0.25, 0.3) is 0 Å². The summed E-state index contributed by atoms with van der Waals surface area (Å²) < 4.78 is 5.19. The number of ether oxygens (including phenoxy) is 1. The van der Waals surface area contributed by atoms with Gasteiger partial charge in [0.15, 0.2) is 6.10 Å². The zero-order valence-corrected chi connectivity index (χ0v) is 7.03. The second-order valence-electron chi connectivity index (χ2n) is 3.18. The van der Waals surface area contributed by atoms with Crippen molar-refractivity contribution >= 4 is 5.97 Å². The molecule has 0 spiro atoms. The average molecular weight is 173 g/mol. The minimum absolute atomic E-state index is 0.363. The third-order valence-electron chi connectivity index (χ3n) is 1.93.